The van der Waals surface area contributed by atoms with Crippen molar-refractivity contribution in [3.05, 3.63) is 101 Å². The molecule has 2 aliphatic heterocycles. The van der Waals surface area contributed by atoms with E-state index in [1.54, 1.807) is 4.90 Å². The molecule has 4 amide bonds. The number of hydrogen-bond donors (Lipinski definition) is 3. The van der Waals surface area contributed by atoms with Gasteiger partial charge in [-0.05, 0) is 79.3 Å². The summed E-state index contributed by atoms with van der Waals surface area (Å²) in [5.74, 6) is -0.240. The van der Waals surface area contributed by atoms with E-state index < -0.39 is 24.1 Å². The standard InChI is InChI=1S/C37H44N4O6/c1-26-14-16-31-21-30(26)23-38-35(43)32(17-15-27-9-4-2-5-10-27)39-36(44)33(40-37(45)47-25-29-11-6-3-7-12-29)22-34(42)41-19-8-13-28(24-41)18-20-46-31/h2-7,9-12,14,16,21,28,32-33H,8,13,15,17-20,22-25H2,1H3,(H,38,43)(H,39,44)(H,40,45)/t28?,32?,33-/m0/s1. The number of carbonyl (C=O) groups is 4. The van der Waals surface area contributed by atoms with Gasteiger partial charge in [-0.3, -0.25) is 14.4 Å². The maximum absolute atomic E-state index is 13.9. The van der Waals surface area contributed by atoms with Gasteiger partial charge in [-0.25, -0.2) is 4.79 Å². The van der Waals surface area contributed by atoms with Crippen molar-refractivity contribution in [3.8, 4) is 5.75 Å². The zero-order valence-corrected chi connectivity index (χ0v) is 26.9. The van der Waals surface area contributed by atoms with Crippen LogP contribution in [0, 0.1) is 12.8 Å². The minimum atomic E-state index is -1.24. The van der Waals surface area contributed by atoms with Crippen LogP contribution in [0.5, 0.6) is 5.75 Å². The van der Waals surface area contributed by atoms with Crippen LogP contribution in [0.2, 0.25) is 0 Å². The first-order chi connectivity index (χ1) is 22.8. The van der Waals surface area contributed by atoms with Gasteiger partial charge < -0.3 is 30.3 Å². The monoisotopic (exact) mass is 640 g/mol. The van der Waals surface area contributed by atoms with Crippen molar-refractivity contribution in [1.29, 1.82) is 0 Å². The van der Waals surface area contributed by atoms with E-state index in [9.17, 15) is 19.2 Å². The molecule has 1 saturated heterocycles. The second-order valence-electron chi connectivity index (χ2n) is 12.3. The lowest BCUT2D eigenvalue weighted by Crippen LogP contribution is -2.55. The Labute approximate surface area is 276 Å². The van der Waals surface area contributed by atoms with Crippen molar-refractivity contribution < 1.29 is 28.7 Å². The van der Waals surface area contributed by atoms with Crippen LogP contribution in [0.1, 0.15) is 54.4 Å². The second kappa shape index (κ2) is 16.6. The molecule has 2 heterocycles. The minimum absolute atomic E-state index is 0.00750. The van der Waals surface area contributed by atoms with E-state index in [4.69, 9.17) is 9.47 Å². The van der Waals surface area contributed by atoms with Crippen LogP contribution in [0.4, 0.5) is 4.79 Å². The summed E-state index contributed by atoms with van der Waals surface area (Å²) in [7, 11) is 0. The van der Waals surface area contributed by atoms with Gasteiger partial charge in [-0.2, -0.15) is 0 Å². The fraction of sp³-hybridized carbons (Fsp3) is 0.405. The summed E-state index contributed by atoms with van der Waals surface area (Å²) in [5.41, 5.74) is 3.73. The summed E-state index contributed by atoms with van der Waals surface area (Å²) in [6.45, 7) is 3.87. The lowest BCUT2D eigenvalue weighted by molar-refractivity contribution is -0.137. The van der Waals surface area contributed by atoms with Crippen LogP contribution in [0.25, 0.3) is 0 Å². The van der Waals surface area contributed by atoms with E-state index in [0.717, 1.165) is 47.3 Å². The summed E-state index contributed by atoms with van der Waals surface area (Å²) >= 11 is 0. The number of piperidine rings is 1. The maximum atomic E-state index is 13.9. The molecule has 248 valence electrons. The number of carbonyl (C=O) groups excluding carboxylic acids is 4. The molecule has 5 rings (SSSR count). The van der Waals surface area contributed by atoms with Gasteiger partial charge in [0.2, 0.25) is 17.7 Å². The molecule has 10 heteroatoms. The molecule has 4 bridgehead atoms. The molecule has 0 aliphatic carbocycles. The van der Waals surface area contributed by atoms with Gasteiger partial charge in [0.05, 0.1) is 13.0 Å². The first-order valence-electron chi connectivity index (χ1n) is 16.4. The van der Waals surface area contributed by atoms with Crippen LogP contribution in [0.15, 0.2) is 78.9 Å². The average Bonchev–Trinajstić information content (AvgIpc) is 3.09. The van der Waals surface area contributed by atoms with Gasteiger partial charge in [0, 0.05) is 19.6 Å². The van der Waals surface area contributed by atoms with Crippen LogP contribution in [-0.2, 0) is 38.7 Å². The van der Waals surface area contributed by atoms with E-state index in [1.165, 1.54) is 0 Å². The van der Waals surface area contributed by atoms with Crippen LogP contribution in [-0.4, -0.2) is 60.5 Å². The second-order valence-corrected chi connectivity index (χ2v) is 12.3. The van der Waals surface area contributed by atoms with Gasteiger partial charge in [-0.1, -0.05) is 66.7 Å². The summed E-state index contributed by atoms with van der Waals surface area (Å²) in [6, 6.07) is 22.6. The zero-order valence-electron chi connectivity index (χ0n) is 26.9. The maximum Gasteiger partial charge on any atom is 0.408 e. The number of alkyl carbamates (subject to hydrolysis) is 1. The normalized spacial score (nSPS) is 20.9. The number of nitrogens with zero attached hydrogens (tertiary/aromatic N) is 1. The van der Waals surface area contributed by atoms with Crippen LogP contribution < -0.4 is 20.7 Å². The number of fused-ring (bicyclic) bond motifs is 4. The third kappa shape index (κ3) is 10.1. The van der Waals surface area contributed by atoms with Gasteiger partial charge in [-0.15, -0.1) is 0 Å². The number of benzene rings is 3. The van der Waals surface area contributed by atoms with Gasteiger partial charge in [0.15, 0.2) is 0 Å². The highest BCUT2D eigenvalue weighted by molar-refractivity contribution is 5.94. The third-order valence-electron chi connectivity index (χ3n) is 8.84. The quantitative estimate of drug-likeness (QED) is 0.366. The van der Waals surface area contributed by atoms with E-state index in [-0.39, 0.29) is 37.3 Å². The molecule has 47 heavy (non-hydrogen) atoms. The molecule has 3 atom stereocenters. The molecule has 0 radical (unpaired) electrons. The number of rotatable bonds is 6. The average molecular weight is 641 g/mol. The van der Waals surface area contributed by atoms with Crippen molar-refractivity contribution >= 4 is 23.8 Å². The molecule has 3 aromatic carbocycles. The van der Waals surface area contributed by atoms with Crippen molar-refractivity contribution in [2.24, 2.45) is 5.92 Å². The Balaban J connectivity index is 1.37. The van der Waals surface area contributed by atoms with E-state index >= 15 is 0 Å². The predicted molar refractivity (Wildman–Crippen MR) is 177 cm³/mol. The van der Waals surface area contributed by atoms with Gasteiger partial charge in [0.25, 0.3) is 0 Å². The van der Waals surface area contributed by atoms with Gasteiger partial charge >= 0.3 is 6.09 Å². The highest BCUT2D eigenvalue weighted by atomic mass is 16.5. The number of ether oxygens (including phenoxy) is 2. The fourth-order valence-corrected chi connectivity index (χ4v) is 6.02. The van der Waals surface area contributed by atoms with Crippen molar-refractivity contribution in [3.63, 3.8) is 0 Å². The summed E-state index contributed by atoms with van der Waals surface area (Å²) < 4.78 is 11.5. The SMILES string of the molecule is Cc1ccc2cc1CNC(=O)C(CCc1ccccc1)NC(=O)[C@@H](NC(=O)OCc1ccccc1)CC(=O)N1CCCC(CCO2)C1. The van der Waals surface area contributed by atoms with Crippen LogP contribution in [0.3, 0.4) is 0 Å². The molecule has 0 spiro atoms. The topological polar surface area (TPSA) is 126 Å². The largest absolute Gasteiger partial charge is 0.494 e. The lowest BCUT2D eigenvalue weighted by Gasteiger charge is -2.34. The lowest BCUT2D eigenvalue weighted by atomic mass is 9.94. The molecule has 0 saturated carbocycles. The molecule has 10 nitrogen and oxygen atoms in total. The Bertz CT molecular complexity index is 1520. The molecule has 1 fully saturated rings. The van der Waals surface area contributed by atoms with E-state index in [1.807, 2.05) is 85.8 Å². The predicted octanol–water partition coefficient (Wildman–Crippen LogP) is 4.44. The molecule has 3 N–H and O–H groups in total. The first kappa shape index (κ1) is 33.5. The molecule has 2 unspecified atom stereocenters. The van der Waals surface area contributed by atoms with Crippen molar-refractivity contribution in [1.82, 2.24) is 20.9 Å². The number of aryl methyl sites for hydroxylation is 2. The minimum Gasteiger partial charge on any atom is -0.494 e. The van der Waals surface area contributed by atoms with E-state index in [0.29, 0.717) is 32.5 Å². The van der Waals surface area contributed by atoms with Crippen LogP contribution >= 0.6 is 0 Å². The molecular formula is C37H44N4O6. The Morgan fingerprint density at radius 1 is 0.957 bits per heavy atom. The Kier molecular flexibility index (Phi) is 11.9. The number of amides is 4. The Hall–Kier alpha value is -4.86. The van der Waals surface area contributed by atoms with Crippen molar-refractivity contribution in [2.75, 3.05) is 19.7 Å². The molecule has 3 aromatic rings. The Morgan fingerprint density at radius 2 is 1.70 bits per heavy atom. The number of hydrogen-bond acceptors (Lipinski definition) is 6. The Morgan fingerprint density at radius 3 is 2.47 bits per heavy atom. The third-order valence-corrected chi connectivity index (χ3v) is 8.84. The van der Waals surface area contributed by atoms with E-state index in [2.05, 4.69) is 16.0 Å². The first-order valence-corrected chi connectivity index (χ1v) is 16.4. The molecule has 0 aromatic heterocycles. The van der Waals surface area contributed by atoms with Gasteiger partial charge in [0.1, 0.15) is 24.4 Å². The highest BCUT2D eigenvalue weighted by Gasteiger charge is 2.32. The highest BCUT2D eigenvalue weighted by Crippen LogP contribution is 2.23. The van der Waals surface area contributed by atoms with Crippen molar-refractivity contribution in [2.45, 2.75) is 70.7 Å². The fourth-order valence-electron chi connectivity index (χ4n) is 6.02. The summed E-state index contributed by atoms with van der Waals surface area (Å²) in [4.78, 5) is 55.8. The summed E-state index contributed by atoms with van der Waals surface area (Å²) in [5, 5.41) is 8.45. The molecular weight excluding hydrogens is 596 g/mol. The summed E-state index contributed by atoms with van der Waals surface area (Å²) in [6.07, 6.45) is 2.38. The zero-order chi connectivity index (χ0) is 33.0. The molecule has 2 aliphatic rings. The smallest absolute Gasteiger partial charge is 0.408 e. The number of nitrogens with one attached hydrogen (secondary N) is 3.